The van der Waals surface area contributed by atoms with Gasteiger partial charge in [-0.25, -0.2) is 4.98 Å². The summed E-state index contributed by atoms with van der Waals surface area (Å²) >= 11 is 0. The van der Waals surface area contributed by atoms with Gasteiger partial charge in [0.05, 0.1) is 0 Å². The van der Waals surface area contributed by atoms with E-state index in [1.54, 1.807) is 0 Å². The first kappa shape index (κ1) is 19.5. The van der Waals surface area contributed by atoms with E-state index in [0.29, 0.717) is 0 Å². The molecule has 3 heteroatoms. The minimum atomic E-state index is 0.735. The maximum Gasteiger partial charge on any atom is 0.222 e. The number of aryl methyl sites for hydroxylation is 4. The van der Waals surface area contributed by atoms with Crippen LogP contribution in [0.5, 0.6) is 11.6 Å². The highest BCUT2D eigenvalue weighted by atomic mass is 16.5. The molecule has 2 rings (SSSR count). The molecular formula is C22H32N2O. The Morgan fingerprint density at radius 1 is 0.960 bits per heavy atom. The number of hydrogen-bond donors (Lipinski definition) is 1. The van der Waals surface area contributed by atoms with Gasteiger partial charge in [0.15, 0.2) is 0 Å². The van der Waals surface area contributed by atoms with Gasteiger partial charge >= 0.3 is 0 Å². The number of pyridine rings is 1. The van der Waals surface area contributed by atoms with Crippen LogP contribution in [-0.4, -0.2) is 18.1 Å². The number of nitrogens with one attached hydrogen (secondary N) is 1. The summed E-state index contributed by atoms with van der Waals surface area (Å²) in [4.78, 5) is 4.65. The Balaban J connectivity index is 2.19. The highest BCUT2D eigenvalue weighted by Gasteiger charge is 2.13. The molecule has 0 amide bonds. The van der Waals surface area contributed by atoms with E-state index in [9.17, 15) is 0 Å². The molecule has 0 aliphatic heterocycles. The van der Waals surface area contributed by atoms with Crippen molar-refractivity contribution in [3.63, 3.8) is 0 Å². The normalized spacial score (nSPS) is 11.0. The molecule has 0 aliphatic carbocycles. The van der Waals surface area contributed by atoms with Crippen molar-refractivity contribution in [3.8, 4) is 11.6 Å². The molecule has 3 nitrogen and oxygen atoms in total. The number of benzene rings is 1. The molecule has 0 fully saturated rings. The fourth-order valence-corrected chi connectivity index (χ4v) is 3.21. The van der Waals surface area contributed by atoms with Gasteiger partial charge in [-0.05, 0) is 83.3 Å². The van der Waals surface area contributed by atoms with Crippen molar-refractivity contribution in [1.29, 1.82) is 0 Å². The van der Waals surface area contributed by atoms with E-state index >= 15 is 0 Å². The van der Waals surface area contributed by atoms with Crippen LogP contribution in [0.3, 0.4) is 0 Å². The van der Waals surface area contributed by atoms with Crippen molar-refractivity contribution >= 4 is 0 Å². The van der Waals surface area contributed by atoms with E-state index in [0.717, 1.165) is 53.5 Å². The fourth-order valence-electron chi connectivity index (χ4n) is 3.21. The number of ether oxygens (including phenoxy) is 1. The maximum absolute atomic E-state index is 6.26. The molecule has 0 atom stereocenters. The smallest absolute Gasteiger partial charge is 0.222 e. The van der Waals surface area contributed by atoms with Crippen molar-refractivity contribution in [1.82, 2.24) is 10.3 Å². The van der Waals surface area contributed by atoms with Crippen molar-refractivity contribution in [2.45, 2.75) is 60.8 Å². The third-order valence-corrected chi connectivity index (χ3v) is 4.55. The SMILES string of the molecule is CCCCNCCc1cc(C)nc(Oc2c(C)cc(C)cc2C)c1C. The molecule has 0 saturated carbocycles. The second-order valence-electron chi connectivity index (χ2n) is 7.04. The first-order valence-electron chi connectivity index (χ1n) is 9.36. The van der Waals surface area contributed by atoms with Gasteiger partial charge in [-0.1, -0.05) is 31.0 Å². The molecule has 1 aromatic carbocycles. The van der Waals surface area contributed by atoms with E-state index < -0.39 is 0 Å². The van der Waals surface area contributed by atoms with Crippen LogP contribution < -0.4 is 10.1 Å². The molecule has 0 saturated heterocycles. The lowest BCUT2D eigenvalue weighted by molar-refractivity contribution is 0.449. The number of hydrogen-bond acceptors (Lipinski definition) is 3. The fraction of sp³-hybridized carbons (Fsp3) is 0.500. The number of aromatic nitrogens is 1. The summed E-state index contributed by atoms with van der Waals surface area (Å²) in [6.45, 7) is 14.8. The molecular weight excluding hydrogens is 308 g/mol. The molecule has 2 aromatic rings. The van der Waals surface area contributed by atoms with Crippen LogP contribution in [0.25, 0.3) is 0 Å². The van der Waals surface area contributed by atoms with Crippen LogP contribution in [0, 0.1) is 34.6 Å². The summed E-state index contributed by atoms with van der Waals surface area (Å²) in [6, 6.07) is 6.50. The van der Waals surface area contributed by atoms with Crippen LogP contribution in [0.1, 0.15) is 53.3 Å². The average Bonchev–Trinajstić information content (AvgIpc) is 2.54. The summed E-state index contributed by atoms with van der Waals surface area (Å²) in [6.07, 6.45) is 3.46. The zero-order valence-corrected chi connectivity index (χ0v) is 16.6. The van der Waals surface area contributed by atoms with Crippen molar-refractivity contribution in [2.24, 2.45) is 0 Å². The average molecular weight is 341 g/mol. The van der Waals surface area contributed by atoms with Crippen molar-refractivity contribution in [3.05, 3.63) is 51.7 Å². The Bertz CT molecular complexity index is 699. The zero-order chi connectivity index (χ0) is 18.4. The van der Waals surface area contributed by atoms with Gasteiger partial charge in [-0.15, -0.1) is 0 Å². The second-order valence-corrected chi connectivity index (χ2v) is 7.04. The van der Waals surface area contributed by atoms with Crippen LogP contribution in [0.2, 0.25) is 0 Å². The molecule has 25 heavy (non-hydrogen) atoms. The van der Waals surface area contributed by atoms with E-state index in [-0.39, 0.29) is 0 Å². The summed E-state index contributed by atoms with van der Waals surface area (Å²) in [5.41, 5.74) is 7.03. The van der Waals surface area contributed by atoms with Gasteiger partial charge in [0.2, 0.25) is 5.88 Å². The quantitative estimate of drug-likeness (QED) is 0.658. The molecule has 0 spiro atoms. The predicted octanol–water partition coefficient (Wildman–Crippen LogP) is 5.35. The topological polar surface area (TPSA) is 34.2 Å². The number of nitrogens with zero attached hydrogens (tertiary/aromatic N) is 1. The molecule has 1 N–H and O–H groups in total. The van der Waals surface area contributed by atoms with E-state index in [2.05, 4.69) is 63.1 Å². The molecule has 136 valence electrons. The van der Waals surface area contributed by atoms with E-state index in [1.165, 1.54) is 24.0 Å². The number of rotatable bonds is 8. The lowest BCUT2D eigenvalue weighted by Gasteiger charge is -2.16. The number of unbranched alkanes of at least 4 members (excludes halogenated alkanes) is 1. The molecule has 1 aromatic heterocycles. The summed E-state index contributed by atoms with van der Waals surface area (Å²) in [5.74, 6) is 1.66. The third kappa shape index (κ3) is 5.30. The summed E-state index contributed by atoms with van der Waals surface area (Å²) < 4.78 is 6.26. The lowest BCUT2D eigenvalue weighted by atomic mass is 10.1. The van der Waals surface area contributed by atoms with Gasteiger partial charge in [-0.2, -0.15) is 0 Å². The Kier molecular flexibility index (Phi) is 7.01. The molecule has 0 bridgehead atoms. The maximum atomic E-state index is 6.26. The van der Waals surface area contributed by atoms with Crippen LogP contribution in [0.15, 0.2) is 18.2 Å². The van der Waals surface area contributed by atoms with Gasteiger partial charge in [0, 0.05) is 11.3 Å². The Hall–Kier alpha value is -1.87. The Labute approximate surface area is 152 Å². The molecule has 0 radical (unpaired) electrons. The van der Waals surface area contributed by atoms with E-state index in [4.69, 9.17) is 4.74 Å². The highest BCUT2D eigenvalue weighted by molar-refractivity contribution is 5.46. The first-order chi connectivity index (χ1) is 11.9. The monoisotopic (exact) mass is 340 g/mol. The Morgan fingerprint density at radius 2 is 1.64 bits per heavy atom. The lowest BCUT2D eigenvalue weighted by Crippen LogP contribution is -2.18. The second kappa shape index (κ2) is 9.00. The molecule has 0 aliphatic rings. The highest BCUT2D eigenvalue weighted by Crippen LogP contribution is 2.31. The zero-order valence-electron chi connectivity index (χ0n) is 16.6. The van der Waals surface area contributed by atoms with Crippen LogP contribution in [-0.2, 0) is 6.42 Å². The third-order valence-electron chi connectivity index (χ3n) is 4.55. The standard InChI is InChI=1S/C22H32N2O/c1-7-8-10-23-11-9-20-14-18(5)24-22(19(20)6)25-21-16(3)12-15(2)13-17(21)4/h12-14,23H,7-11H2,1-6H3. The van der Waals surface area contributed by atoms with Gasteiger partial charge in [0.1, 0.15) is 5.75 Å². The van der Waals surface area contributed by atoms with E-state index in [1.807, 2.05) is 6.92 Å². The first-order valence-corrected chi connectivity index (χ1v) is 9.36. The predicted molar refractivity (Wildman–Crippen MR) is 106 cm³/mol. The molecule has 0 unspecified atom stereocenters. The van der Waals surface area contributed by atoms with Gasteiger partial charge < -0.3 is 10.1 Å². The summed E-state index contributed by atoms with van der Waals surface area (Å²) in [5, 5.41) is 3.51. The minimum Gasteiger partial charge on any atom is -0.438 e. The Morgan fingerprint density at radius 3 is 2.28 bits per heavy atom. The van der Waals surface area contributed by atoms with Gasteiger partial charge in [0.25, 0.3) is 0 Å². The van der Waals surface area contributed by atoms with Crippen LogP contribution >= 0.6 is 0 Å². The molecule has 1 heterocycles. The summed E-state index contributed by atoms with van der Waals surface area (Å²) in [7, 11) is 0. The van der Waals surface area contributed by atoms with Crippen molar-refractivity contribution in [2.75, 3.05) is 13.1 Å². The van der Waals surface area contributed by atoms with Crippen LogP contribution in [0.4, 0.5) is 0 Å². The van der Waals surface area contributed by atoms with Crippen molar-refractivity contribution < 1.29 is 4.74 Å². The minimum absolute atomic E-state index is 0.735. The van der Waals surface area contributed by atoms with Gasteiger partial charge in [-0.3, -0.25) is 0 Å². The largest absolute Gasteiger partial charge is 0.438 e.